The zero-order valence-electron chi connectivity index (χ0n) is 17.9. The molecule has 0 saturated heterocycles. The standard InChI is InChI=1S/C24H29NO5/c1-24(2,3)30-21(22(26)28-4)13-14-25-23(27)29-15-20-18-11-7-5-9-16(18)17-10-6-8-12-19(17)20/h5-12,20-21H,13-15H2,1-4H3,(H,25,27). The Bertz CT molecular complexity index is 857. The van der Waals surface area contributed by atoms with Gasteiger partial charge >= 0.3 is 12.1 Å². The maximum absolute atomic E-state index is 12.2. The van der Waals surface area contributed by atoms with Gasteiger partial charge in [0.05, 0.1) is 12.7 Å². The lowest BCUT2D eigenvalue weighted by atomic mass is 9.98. The third kappa shape index (κ3) is 5.19. The molecular formula is C24H29NO5. The molecule has 0 radical (unpaired) electrons. The summed E-state index contributed by atoms with van der Waals surface area (Å²) in [4.78, 5) is 24.1. The van der Waals surface area contributed by atoms with E-state index in [0.29, 0.717) is 6.42 Å². The van der Waals surface area contributed by atoms with Crippen LogP contribution in [-0.2, 0) is 19.0 Å². The van der Waals surface area contributed by atoms with Crippen LogP contribution in [-0.4, -0.2) is 44.0 Å². The average molecular weight is 411 g/mol. The van der Waals surface area contributed by atoms with Crippen LogP contribution in [0.15, 0.2) is 48.5 Å². The van der Waals surface area contributed by atoms with Crippen LogP contribution in [0.25, 0.3) is 11.1 Å². The number of carbonyl (C=O) groups is 2. The molecule has 6 nitrogen and oxygen atoms in total. The highest BCUT2D eigenvalue weighted by Crippen LogP contribution is 2.44. The van der Waals surface area contributed by atoms with Crippen molar-refractivity contribution in [3.63, 3.8) is 0 Å². The van der Waals surface area contributed by atoms with Crippen molar-refractivity contribution < 1.29 is 23.8 Å². The number of ether oxygens (including phenoxy) is 3. The lowest BCUT2D eigenvalue weighted by Crippen LogP contribution is -2.37. The zero-order valence-corrected chi connectivity index (χ0v) is 17.9. The summed E-state index contributed by atoms with van der Waals surface area (Å²) in [6.07, 6.45) is -0.964. The van der Waals surface area contributed by atoms with Gasteiger partial charge in [0.1, 0.15) is 6.61 Å². The van der Waals surface area contributed by atoms with Gasteiger partial charge in [0, 0.05) is 18.9 Å². The van der Waals surface area contributed by atoms with Crippen LogP contribution in [0, 0.1) is 0 Å². The Morgan fingerprint density at radius 1 is 1.00 bits per heavy atom. The van der Waals surface area contributed by atoms with Gasteiger partial charge in [-0.3, -0.25) is 0 Å². The first-order valence-electron chi connectivity index (χ1n) is 10.1. The highest BCUT2D eigenvalue weighted by Gasteiger charge is 2.29. The summed E-state index contributed by atoms with van der Waals surface area (Å²) in [6, 6.07) is 16.4. The minimum Gasteiger partial charge on any atom is -0.467 e. The van der Waals surface area contributed by atoms with Crippen LogP contribution in [0.5, 0.6) is 0 Å². The third-order valence-electron chi connectivity index (χ3n) is 4.98. The highest BCUT2D eigenvalue weighted by molar-refractivity contribution is 5.79. The number of rotatable bonds is 7. The van der Waals surface area contributed by atoms with Crippen LogP contribution in [0.3, 0.4) is 0 Å². The maximum atomic E-state index is 12.2. The number of hydrogen-bond donors (Lipinski definition) is 1. The predicted octanol–water partition coefficient (Wildman–Crippen LogP) is 4.27. The Hall–Kier alpha value is -2.86. The van der Waals surface area contributed by atoms with Gasteiger partial charge in [-0.25, -0.2) is 9.59 Å². The quantitative estimate of drug-likeness (QED) is 0.689. The van der Waals surface area contributed by atoms with Gasteiger partial charge in [-0.2, -0.15) is 0 Å². The second-order valence-corrected chi connectivity index (χ2v) is 8.28. The molecule has 1 atom stereocenters. The molecule has 1 aliphatic rings. The highest BCUT2D eigenvalue weighted by atomic mass is 16.6. The number of amides is 1. The van der Waals surface area contributed by atoms with Crippen LogP contribution in [0.1, 0.15) is 44.2 Å². The Morgan fingerprint density at radius 3 is 2.10 bits per heavy atom. The minimum absolute atomic E-state index is 0.00944. The van der Waals surface area contributed by atoms with E-state index < -0.39 is 23.8 Å². The lowest BCUT2D eigenvalue weighted by Gasteiger charge is -2.25. The molecule has 0 aliphatic heterocycles. The molecule has 3 rings (SSSR count). The molecule has 0 fully saturated rings. The van der Waals surface area contributed by atoms with Crippen molar-refractivity contribution in [2.45, 2.75) is 44.8 Å². The third-order valence-corrected chi connectivity index (χ3v) is 4.98. The zero-order chi connectivity index (χ0) is 21.7. The van der Waals surface area contributed by atoms with E-state index in [9.17, 15) is 9.59 Å². The van der Waals surface area contributed by atoms with Gasteiger partial charge in [-0.1, -0.05) is 48.5 Å². The molecule has 160 valence electrons. The van der Waals surface area contributed by atoms with E-state index in [1.54, 1.807) is 0 Å². The summed E-state index contributed by atoms with van der Waals surface area (Å²) in [7, 11) is 1.32. The Balaban J connectivity index is 1.54. The van der Waals surface area contributed by atoms with Crippen molar-refractivity contribution in [3.05, 3.63) is 59.7 Å². The number of alkyl carbamates (subject to hydrolysis) is 1. The minimum atomic E-state index is -0.746. The van der Waals surface area contributed by atoms with Crippen molar-refractivity contribution in [3.8, 4) is 11.1 Å². The fraction of sp³-hybridized carbons (Fsp3) is 0.417. The van der Waals surface area contributed by atoms with Crippen LogP contribution >= 0.6 is 0 Å². The Kier molecular flexibility index (Phi) is 6.77. The molecule has 0 saturated carbocycles. The molecule has 1 aliphatic carbocycles. The summed E-state index contributed by atoms with van der Waals surface area (Å²) in [6.45, 7) is 6.08. The first-order valence-corrected chi connectivity index (χ1v) is 10.1. The maximum Gasteiger partial charge on any atom is 0.407 e. The number of esters is 1. The van der Waals surface area contributed by atoms with Gasteiger partial charge in [-0.05, 0) is 43.0 Å². The van der Waals surface area contributed by atoms with Crippen molar-refractivity contribution in [1.29, 1.82) is 0 Å². The SMILES string of the molecule is COC(=O)C(CCNC(=O)OCC1c2ccccc2-c2ccccc21)OC(C)(C)C. The molecule has 6 heteroatoms. The molecular weight excluding hydrogens is 382 g/mol. The van der Waals surface area contributed by atoms with Gasteiger partial charge < -0.3 is 19.5 Å². The van der Waals surface area contributed by atoms with Crippen LogP contribution in [0.2, 0.25) is 0 Å². The number of carbonyl (C=O) groups excluding carboxylic acids is 2. The van der Waals surface area contributed by atoms with Crippen LogP contribution in [0.4, 0.5) is 4.79 Å². The normalized spacial score (nSPS) is 13.9. The van der Waals surface area contributed by atoms with Gasteiger partial charge in [0.2, 0.25) is 0 Å². The van der Waals surface area contributed by atoms with E-state index in [-0.39, 0.29) is 19.1 Å². The number of benzene rings is 2. The smallest absolute Gasteiger partial charge is 0.407 e. The molecule has 30 heavy (non-hydrogen) atoms. The summed E-state index contributed by atoms with van der Waals surface area (Å²) < 4.78 is 16.0. The second-order valence-electron chi connectivity index (χ2n) is 8.28. The number of methoxy groups -OCH3 is 1. The molecule has 2 aromatic carbocycles. The predicted molar refractivity (Wildman–Crippen MR) is 114 cm³/mol. The Labute approximate surface area is 177 Å². The molecule has 0 aromatic heterocycles. The molecule has 0 bridgehead atoms. The van der Waals surface area contributed by atoms with E-state index >= 15 is 0 Å². The first kappa shape index (κ1) is 21.8. The van der Waals surface area contributed by atoms with Crippen molar-refractivity contribution >= 4 is 12.1 Å². The molecule has 1 amide bonds. The van der Waals surface area contributed by atoms with Gasteiger partial charge in [0.15, 0.2) is 6.10 Å². The summed E-state index contributed by atoms with van der Waals surface area (Å²) in [5, 5.41) is 2.70. The second kappa shape index (κ2) is 9.30. The van der Waals surface area contributed by atoms with Crippen molar-refractivity contribution in [2.24, 2.45) is 0 Å². The summed E-state index contributed by atoms with van der Waals surface area (Å²) in [5.41, 5.74) is 4.19. The molecule has 2 aromatic rings. The fourth-order valence-corrected chi connectivity index (χ4v) is 3.74. The monoisotopic (exact) mass is 411 g/mol. The largest absolute Gasteiger partial charge is 0.467 e. The van der Waals surface area contributed by atoms with Crippen molar-refractivity contribution in [1.82, 2.24) is 5.32 Å². The number of fused-ring (bicyclic) bond motifs is 3. The summed E-state index contributed by atoms with van der Waals surface area (Å²) >= 11 is 0. The fourth-order valence-electron chi connectivity index (χ4n) is 3.74. The van der Waals surface area contributed by atoms with Gasteiger partial charge in [-0.15, -0.1) is 0 Å². The number of hydrogen-bond acceptors (Lipinski definition) is 5. The average Bonchev–Trinajstić information content (AvgIpc) is 3.04. The van der Waals surface area contributed by atoms with E-state index in [4.69, 9.17) is 14.2 Å². The van der Waals surface area contributed by atoms with Crippen LogP contribution < -0.4 is 5.32 Å². The summed E-state index contributed by atoms with van der Waals surface area (Å²) in [5.74, 6) is -0.450. The van der Waals surface area contributed by atoms with E-state index in [1.807, 2.05) is 45.0 Å². The van der Waals surface area contributed by atoms with E-state index in [0.717, 1.165) is 11.1 Å². The molecule has 1 N–H and O–H groups in total. The first-order chi connectivity index (χ1) is 14.3. The van der Waals surface area contributed by atoms with Crippen molar-refractivity contribution in [2.75, 3.05) is 20.3 Å². The lowest BCUT2D eigenvalue weighted by molar-refractivity contribution is -0.163. The van der Waals surface area contributed by atoms with Gasteiger partial charge in [0.25, 0.3) is 0 Å². The Morgan fingerprint density at radius 2 is 1.57 bits per heavy atom. The molecule has 0 heterocycles. The number of nitrogens with one attached hydrogen (secondary N) is 1. The van der Waals surface area contributed by atoms with E-state index in [2.05, 4.69) is 29.6 Å². The van der Waals surface area contributed by atoms with E-state index in [1.165, 1.54) is 18.2 Å². The topological polar surface area (TPSA) is 73.9 Å². The molecule has 0 spiro atoms. The molecule has 1 unspecified atom stereocenters.